The van der Waals surface area contributed by atoms with Gasteiger partial charge in [-0.05, 0) is 36.6 Å². The van der Waals surface area contributed by atoms with E-state index in [9.17, 15) is 4.79 Å². The average Bonchev–Trinajstić information content (AvgIpc) is 2.36. The Kier molecular flexibility index (Phi) is 2.95. The van der Waals surface area contributed by atoms with Crippen LogP contribution in [0.1, 0.15) is 16.2 Å². The van der Waals surface area contributed by atoms with Crippen molar-refractivity contribution in [3.8, 4) is 5.75 Å². The van der Waals surface area contributed by atoms with Crippen molar-refractivity contribution in [1.82, 2.24) is 10.3 Å². The minimum Gasteiger partial charge on any atom is -0.497 e. The normalized spacial score (nSPS) is 10.3. The Morgan fingerprint density at radius 3 is 2.76 bits per heavy atom. The number of fused-ring (bicyclic) bond motifs is 1. The summed E-state index contributed by atoms with van der Waals surface area (Å²) in [6.07, 6.45) is 0. The Labute approximate surface area is 99.6 Å². The lowest BCUT2D eigenvalue weighted by atomic mass is 10.1. The largest absolute Gasteiger partial charge is 0.497 e. The van der Waals surface area contributed by atoms with Crippen molar-refractivity contribution < 1.29 is 9.53 Å². The monoisotopic (exact) mass is 230 g/mol. The summed E-state index contributed by atoms with van der Waals surface area (Å²) in [6.45, 7) is 1.89. The average molecular weight is 230 g/mol. The van der Waals surface area contributed by atoms with Gasteiger partial charge in [0, 0.05) is 18.1 Å². The van der Waals surface area contributed by atoms with E-state index in [2.05, 4.69) is 10.3 Å². The number of carbonyl (C=O) groups is 1. The molecule has 4 heteroatoms. The summed E-state index contributed by atoms with van der Waals surface area (Å²) < 4.78 is 5.17. The zero-order valence-electron chi connectivity index (χ0n) is 10.1. The summed E-state index contributed by atoms with van der Waals surface area (Å²) in [5.41, 5.74) is 1.26. The summed E-state index contributed by atoms with van der Waals surface area (Å²) in [6, 6.07) is 7.50. The molecule has 0 aliphatic carbocycles. The number of pyridine rings is 1. The van der Waals surface area contributed by atoms with Crippen LogP contribution in [0.3, 0.4) is 0 Å². The summed E-state index contributed by atoms with van der Waals surface area (Å²) in [5, 5.41) is 4.55. The molecule has 88 valence electrons. The predicted octanol–water partition coefficient (Wildman–Crippen LogP) is 1.91. The molecular weight excluding hydrogens is 216 g/mol. The van der Waals surface area contributed by atoms with E-state index in [1.165, 1.54) is 0 Å². The van der Waals surface area contributed by atoms with E-state index >= 15 is 0 Å². The van der Waals surface area contributed by atoms with Crippen LogP contribution in [-0.4, -0.2) is 25.0 Å². The lowest BCUT2D eigenvalue weighted by Gasteiger charge is -2.07. The molecule has 0 radical (unpaired) electrons. The first-order valence-electron chi connectivity index (χ1n) is 5.33. The number of amides is 1. The highest BCUT2D eigenvalue weighted by Crippen LogP contribution is 2.23. The number of nitrogens with zero attached hydrogens (tertiary/aromatic N) is 1. The summed E-state index contributed by atoms with van der Waals surface area (Å²) >= 11 is 0. The van der Waals surface area contributed by atoms with Gasteiger partial charge < -0.3 is 10.1 Å². The first-order valence-corrected chi connectivity index (χ1v) is 5.33. The van der Waals surface area contributed by atoms with E-state index in [4.69, 9.17) is 4.74 Å². The molecule has 1 aromatic heterocycles. The number of nitrogens with one attached hydrogen (secondary N) is 1. The molecule has 0 saturated heterocycles. The molecule has 1 heterocycles. The van der Waals surface area contributed by atoms with E-state index < -0.39 is 0 Å². The van der Waals surface area contributed by atoms with Crippen LogP contribution in [0, 0.1) is 6.92 Å². The molecule has 4 nitrogen and oxygen atoms in total. The Morgan fingerprint density at radius 1 is 1.35 bits per heavy atom. The number of hydrogen-bond donors (Lipinski definition) is 1. The number of methoxy groups -OCH3 is 1. The van der Waals surface area contributed by atoms with Gasteiger partial charge in [-0.2, -0.15) is 0 Å². The van der Waals surface area contributed by atoms with E-state index in [0.717, 1.165) is 22.2 Å². The molecule has 1 aromatic carbocycles. The SMILES string of the molecule is CNC(=O)c1cc2cc(OC)ccc2c(C)n1. The number of carbonyl (C=O) groups excluding carboxylic acids is 1. The fourth-order valence-electron chi connectivity index (χ4n) is 1.78. The van der Waals surface area contributed by atoms with Gasteiger partial charge in [-0.15, -0.1) is 0 Å². The zero-order chi connectivity index (χ0) is 12.4. The summed E-state index contributed by atoms with van der Waals surface area (Å²) in [4.78, 5) is 15.8. The van der Waals surface area contributed by atoms with Crippen LogP contribution >= 0.6 is 0 Å². The second-order valence-electron chi connectivity index (χ2n) is 3.76. The molecule has 0 aliphatic heterocycles. The molecule has 2 aromatic rings. The second-order valence-corrected chi connectivity index (χ2v) is 3.76. The quantitative estimate of drug-likeness (QED) is 0.857. The number of hydrogen-bond acceptors (Lipinski definition) is 3. The van der Waals surface area contributed by atoms with Gasteiger partial charge in [0.05, 0.1) is 7.11 Å². The lowest BCUT2D eigenvalue weighted by molar-refractivity contribution is 0.0958. The maximum absolute atomic E-state index is 11.6. The summed E-state index contributed by atoms with van der Waals surface area (Å²) in [5.74, 6) is 0.587. The highest BCUT2D eigenvalue weighted by molar-refractivity contribution is 5.97. The van der Waals surface area contributed by atoms with Crippen molar-refractivity contribution in [2.45, 2.75) is 6.92 Å². The van der Waals surface area contributed by atoms with E-state index in [1.54, 1.807) is 20.2 Å². The van der Waals surface area contributed by atoms with Gasteiger partial charge in [-0.25, -0.2) is 4.98 Å². The Morgan fingerprint density at radius 2 is 2.12 bits per heavy atom. The van der Waals surface area contributed by atoms with Gasteiger partial charge in [0.25, 0.3) is 5.91 Å². The molecule has 17 heavy (non-hydrogen) atoms. The Balaban J connectivity index is 2.65. The molecule has 0 atom stereocenters. The molecule has 0 bridgehead atoms. The Bertz CT molecular complexity index is 579. The minimum absolute atomic E-state index is 0.183. The molecule has 0 spiro atoms. The second kappa shape index (κ2) is 4.41. The standard InChI is InChI=1S/C13H14N2O2/c1-8-11-5-4-10(17-3)6-9(11)7-12(15-8)13(16)14-2/h4-7H,1-3H3,(H,14,16). The van der Waals surface area contributed by atoms with Gasteiger partial charge in [0.2, 0.25) is 0 Å². The van der Waals surface area contributed by atoms with Crippen LogP contribution in [-0.2, 0) is 0 Å². The lowest BCUT2D eigenvalue weighted by Crippen LogP contribution is -2.19. The Hall–Kier alpha value is -2.10. The number of aryl methyl sites for hydroxylation is 1. The van der Waals surface area contributed by atoms with Crippen molar-refractivity contribution in [2.24, 2.45) is 0 Å². The maximum atomic E-state index is 11.6. The van der Waals surface area contributed by atoms with Gasteiger partial charge in [0.15, 0.2) is 0 Å². The van der Waals surface area contributed by atoms with Crippen LogP contribution in [0.15, 0.2) is 24.3 Å². The molecule has 0 unspecified atom stereocenters. The van der Waals surface area contributed by atoms with Gasteiger partial charge in [-0.1, -0.05) is 0 Å². The first-order chi connectivity index (χ1) is 8.15. The van der Waals surface area contributed by atoms with Crippen molar-refractivity contribution >= 4 is 16.7 Å². The van der Waals surface area contributed by atoms with Crippen LogP contribution in [0.2, 0.25) is 0 Å². The van der Waals surface area contributed by atoms with Gasteiger partial charge in [-0.3, -0.25) is 4.79 Å². The fraction of sp³-hybridized carbons (Fsp3) is 0.231. The molecule has 0 saturated carbocycles. The minimum atomic E-state index is -0.183. The third-order valence-corrected chi connectivity index (χ3v) is 2.69. The zero-order valence-corrected chi connectivity index (χ0v) is 10.1. The topological polar surface area (TPSA) is 51.2 Å². The third kappa shape index (κ3) is 2.06. The predicted molar refractivity (Wildman–Crippen MR) is 66.4 cm³/mol. The summed E-state index contributed by atoms with van der Waals surface area (Å²) in [7, 11) is 3.21. The van der Waals surface area contributed by atoms with Crippen molar-refractivity contribution in [3.63, 3.8) is 0 Å². The van der Waals surface area contributed by atoms with Crippen LogP contribution in [0.25, 0.3) is 10.8 Å². The molecule has 0 fully saturated rings. The van der Waals surface area contributed by atoms with Gasteiger partial charge >= 0.3 is 0 Å². The maximum Gasteiger partial charge on any atom is 0.269 e. The van der Waals surface area contributed by atoms with Crippen LogP contribution in [0.4, 0.5) is 0 Å². The van der Waals surface area contributed by atoms with Crippen LogP contribution < -0.4 is 10.1 Å². The molecule has 1 amide bonds. The number of aromatic nitrogens is 1. The van der Waals surface area contributed by atoms with E-state index in [-0.39, 0.29) is 5.91 Å². The molecule has 1 N–H and O–H groups in total. The highest BCUT2D eigenvalue weighted by Gasteiger charge is 2.09. The molecule has 2 rings (SSSR count). The van der Waals surface area contributed by atoms with Gasteiger partial charge in [0.1, 0.15) is 11.4 Å². The van der Waals surface area contributed by atoms with E-state index in [0.29, 0.717) is 5.69 Å². The number of rotatable bonds is 2. The van der Waals surface area contributed by atoms with E-state index in [1.807, 2.05) is 25.1 Å². The molecule has 0 aliphatic rings. The van der Waals surface area contributed by atoms with Crippen LogP contribution in [0.5, 0.6) is 5.75 Å². The fourth-order valence-corrected chi connectivity index (χ4v) is 1.78. The number of benzene rings is 1. The third-order valence-electron chi connectivity index (χ3n) is 2.69. The van der Waals surface area contributed by atoms with Crippen molar-refractivity contribution in [2.75, 3.05) is 14.2 Å². The number of ether oxygens (including phenoxy) is 1. The molecular formula is C13H14N2O2. The van der Waals surface area contributed by atoms with Crippen molar-refractivity contribution in [1.29, 1.82) is 0 Å². The smallest absolute Gasteiger partial charge is 0.269 e. The first kappa shape index (κ1) is 11.4. The van der Waals surface area contributed by atoms with Crippen molar-refractivity contribution in [3.05, 3.63) is 35.7 Å². The highest BCUT2D eigenvalue weighted by atomic mass is 16.5.